The van der Waals surface area contributed by atoms with Crippen LogP contribution in [0, 0.1) is 5.92 Å². The van der Waals surface area contributed by atoms with Crippen molar-refractivity contribution >= 4 is 45.8 Å². The van der Waals surface area contributed by atoms with E-state index >= 15 is 0 Å². The third kappa shape index (κ3) is 3.88. The maximum absolute atomic E-state index is 14.0. The molecule has 0 bridgehead atoms. The number of nitrogens with zero attached hydrogens (tertiary/aromatic N) is 3. The highest BCUT2D eigenvalue weighted by Crippen LogP contribution is 2.36. The summed E-state index contributed by atoms with van der Waals surface area (Å²) >= 11 is 2.63. The smallest absolute Gasteiger partial charge is 0.338 e. The van der Waals surface area contributed by atoms with Crippen molar-refractivity contribution in [3.8, 4) is 0 Å². The van der Waals surface area contributed by atoms with E-state index < -0.39 is 12.0 Å². The van der Waals surface area contributed by atoms with Crippen LogP contribution in [0.3, 0.4) is 0 Å². The zero-order valence-electron chi connectivity index (χ0n) is 20.2. The number of esters is 1. The fourth-order valence-electron chi connectivity index (χ4n) is 4.48. The van der Waals surface area contributed by atoms with Crippen molar-refractivity contribution in [2.75, 3.05) is 18.1 Å². The summed E-state index contributed by atoms with van der Waals surface area (Å²) < 4.78 is 7.41. The van der Waals surface area contributed by atoms with Gasteiger partial charge in [0.2, 0.25) is 0 Å². The van der Waals surface area contributed by atoms with E-state index in [2.05, 4.69) is 11.6 Å². The van der Waals surface area contributed by atoms with Gasteiger partial charge >= 0.3 is 5.97 Å². The number of rotatable bonds is 6. The summed E-state index contributed by atoms with van der Waals surface area (Å²) in [5.74, 6) is -0.563. The number of hydrogen-bond acceptors (Lipinski definition) is 7. The Morgan fingerprint density at radius 2 is 2.00 bits per heavy atom. The monoisotopic (exact) mass is 519 g/mol. The highest BCUT2D eigenvalue weighted by atomic mass is 32.1. The third-order valence-electron chi connectivity index (χ3n) is 6.04. The molecule has 36 heavy (non-hydrogen) atoms. The first kappa shape index (κ1) is 24.1. The zero-order valence-corrected chi connectivity index (χ0v) is 21.8. The Hall–Kier alpha value is -3.56. The second-order valence-electron chi connectivity index (χ2n) is 9.01. The Bertz CT molecular complexity index is 1590. The summed E-state index contributed by atoms with van der Waals surface area (Å²) in [7, 11) is 0. The number of carbonyl (C=O) groups excluding carboxylic acids is 2. The summed E-state index contributed by atoms with van der Waals surface area (Å²) in [4.78, 5) is 48.2. The molecular formula is C27H25N3O4S2. The van der Waals surface area contributed by atoms with E-state index in [0.717, 1.165) is 10.6 Å². The molecule has 3 aromatic rings. The SMILES string of the molecule is C=CCN1C(=O)/C(=c2\sc3n(c2=O)[C@@H](c2cccs2)C(C(=O)OCC(C)C)=C(C)N=3)c2ccccc21. The minimum absolute atomic E-state index is 0.171. The largest absolute Gasteiger partial charge is 0.462 e. The van der Waals surface area contributed by atoms with Crippen LogP contribution in [0.4, 0.5) is 5.69 Å². The summed E-state index contributed by atoms with van der Waals surface area (Å²) in [5.41, 5.74) is 2.30. The highest BCUT2D eigenvalue weighted by Gasteiger charge is 2.37. The van der Waals surface area contributed by atoms with Crippen molar-refractivity contribution < 1.29 is 14.3 Å². The number of aromatic nitrogens is 1. The molecule has 2 aliphatic rings. The minimum atomic E-state index is -0.675. The molecule has 0 radical (unpaired) electrons. The molecule has 0 N–H and O–H groups in total. The van der Waals surface area contributed by atoms with Gasteiger partial charge in [0.05, 0.1) is 29.1 Å². The van der Waals surface area contributed by atoms with Crippen LogP contribution in [-0.2, 0) is 14.3 Å². The molecule has 0 saturated heterocycles. The van der Waals surface area contributed by atoms with Gasteiger partial charge in [-0.1, -0.05) is 55.5 Å². The molecule has 1 amide bonds. The molecule has 184 valence electrons. The number of anilines is 1. The number of benzene rings is 1. The molecule has 0 aliphatic carbocycles. The summed E-state index contributed by atoms with van der Waals surface area (Å²) in [6, 6.07) is 10.5. The summed E-state index contributed by atoms with van der Waals surface area (Å²) in [5, 5.41) is 1.91. The lowest BCUT2D eigenvalue weighted by Gasteiger charge is -2.23. The number of allylic oxidation sites excluding steroid dienone is 1. The van der Waals surface area contributed by atoms with Crippen LogP contribution in [0.1, 0.15) is 37.3 Å². The fraction of sp³-hybridized carbons (Fsp3) is 0.259. The van der Waals surface area contributed by atoms with Gasteiger partial charge in [-0.2, -0.15) is 0 Å². The maximum Gasteiger partial charge on any atom is 0.338 e. The number of thiazole rings is 1. The first-order chi connectivity index (χ1) is 17.3. The summed E-state index contributed by atoms with van der Waals surface area (Å²) in [6.07, 6.45) is 1.66. The first-order valence-electron chi connectivity index (χ1n) is 11.6. The lowest BCUT2D eigenvalue weighted by atomic mass is 10.0. The van der Waals surface area contributed by atoms with E-state index in [9.17, 15) is 14.4 Å². The van der Waals surface area contributed by atoms with E-state index in [1.807, 2.05) is 55.6 Å². The van der Waals surface area contributed by atoms with Crippen LogP contribution in [0.5, 0.6) is 0 Å². The van der Waals surface area contributed by atoms with Crippen LogP contribution in [0.25, 0.3) is 5.57 Å². The molecule has 0 saturated carbocycles. The van der Waals surface area contributed by atoms with Crippen LogP contribution in [0.15, 0.2) is 75.5 Å². The topological polar surface area (TPSA) is 81.0 Å². The van der Waals surface area contributed by atoms with Gasteiger partial charge in [0.15, 0.2) is 4.80 Å². The Labute approximate surface area is 216 Å². The van der Waals surface area contributed by atoms with Crippen molar-refractivity contribution in [2.45, 2.75) is 26.8 Å². The van der Waals surface area contributed by atoms with E-state index in [4.69, 9.17) is 4.74 Å². The zero-order chi connectivity index (χ0) is 25.6. The number of ether oxygens (including phenoxy) is 1. The number of thiophene rings is 1. The van der Waals surface area contributed by atoms with E-state index in [1.54, 1.807) is 17.9 Å². The summed E-state index contributed by atoms with van der Waals surface area (Å²) in [6.45, 7) is 10.1. The number of para-hydroxylation sites is 1. The van der Waals surface area contributed by atoms with Crippen molar-refractivity contribution in [2.24, 2.45) is 10.9 Å². The molecular weight excluding hydrogens is 494 g/mol. The second-order valence-corrected chi connectivity index (χ2v) is 11.0. The number of amides is 1. The van der Waals surface area contributed by atoms with E-state index in [1.165, 1.54) is 27.2 Å². The second kappa shape index (κ2) is 9.48. The molecule has 7 nitrogen and oxygen atoms in total. The third-order valence-corrected chi connectivity index (χ3v) is 8.02. The molecule has 0 spiro atoms. The lowest BCUT2D eigenvalue weighted by molar-refractivity contribution is -0.140. The van der Waals surface area contributed by atoms with Crippen LogP contribution >= 0.6 is 22.7 Å². The molecule has 1 atom stereocenters. The standard InChI is InChI=1S/C27H25N3O4S2/c1-5-12-29-18-10-7-6-9-17(18)21(24(29)31)23-25(32)30-22(19-11-8-13-35-19)20(16(4)28-27(30)36-23)26(33)34-14-15(2)3/h5-11,13,15,22H,1,12,14H2,2-4H3/b23-21-/t22-/m0/s1. The molecule has 2 aliphatic heterocycles. The van der Waals surface area contributed by atoms with Gasteiger partial charge in [0, 0.05) is 17.0 Å². The molecule has 0 unspecified atom stereocenters. The average Bonchev–Trinajstić information content (AvgIpc) is 3.55. The van der Waals surface area contributed by atoms with Gasteiger partial charge in [0.1, 0.15) is 10.6 Å². The minimum Gasteiger partial charge on any atom is -0.462 e. The quantitative estimate of drug-likeness (QED) is 0.369. The van der Waals surface area contributed by atoms with Gasteiger partial charge in [-0.25, -0.2) is 9.79 Å². The van der Waals surface area contributed by atoms with Crippen molar-refractivity contribution in [1.29, 1.82) is 0 Å². The highest BCUT2D eigenvalue weighted by molar-refractivity contribution is 7.10. The number of hydrogen-bond donors (Lipinski definition) is 0. The van der Waals surface area contributed by atoms with Crippen molar-refractivity contribution in [3.05, 3.63) is 95.8 Å². The molecule has 9 heteroatoms. The predicted molar refractivity (Wildman–Crippen MR) is 142 cm³/mol. The van der Waals surface area contributed by atoms with E-state index in [-0.39, 0.29) is 24.0 Å². The average molecular weight is 520 g/mol. The van der Waals surface area contributed by atoms with Crippen LogP contribution < -0.4 is 19.8 Å². The van der Waals surface area contributed by atoms with Crippen molar-refractivity contribution in [3.63, 3.8) is 0 Å². The Kier molecular flexibility index (Phi) is 6.36. The van der Waals surface area contributed by atoms with Crippen LogP contribution in [0.2, 0.25) is 0 Å². The normalized spacial score (nSPS) is 18.3. The maximum atomic E-state index is 14.0. The van der Waals surface area contributed by atoms with Gasteiger partial charge in [0.25, 0.3) is 11.5 Å². The van der Waals surface area contributed by atoms with Gasteiger partial charge in [-0.3, -0.25) is 14.2 Å². The van der Waals surface area contributed by atoms with Crippen molar-refractivity contribution in [1.82, 2.24) is 4.57 Å². The van der Waals surface area contributed by atoms with Crippen LogP contribution in [-0.4, -0.2) is 29.6 Å². The molecule has 5 rings (SSSR count). The van der Waals surface area contributed by atoms with Gasteiger partial charge in [-0.05, 0) is 30.4 Å². The number of fused-ring (bicyclic) bond motifs is 2. The lowest BCUT2D eigenvalue weighted by Crippen LogP contribution is -2.40. The Morgan fingerprint density at radius 1 is 1.22 bits per heavy atom. The first-order valence-corrected chi connectivity index (χ1v) is 13.3. The molecule has 1 aromatic carbocycles. The molecule has 0 fully saturated rings. The Morgan fingerprint density at radius 3 is 2.69 bits per heavy atom. The van der Waals surface area contributed by atoms with E-state index in [0.29, 0.717) is 38.3 Å². The fourth-order valence-corrected chi connectivity index (χ4v) is 6.44. The van der Waals surface area contributed by atoms with Gasteiger partial charge < -0.3 is 9.64 Å². The van der Waals surface area contributed by atoms with Gasteiger partial charge in [-0.15, -0.1) is 17.9 Å². The molecule has 2 aromatic heterocycles. The predicted octanol–water partition coefficient (Wildman–Crippen LogP) is 3.40. The Balaban J connectivity index is 1.75. The number of carbonyl (C=O) groups is 2. The molecule has 4 heterocycles.